The molecule has 2 rings (SSSR count). The van der Waals surface area contributed by atoms with Gasteiger partial charge in [0.05, 0.1) is 5.69 Å². The Morgan fingerprint density at radius 2 is 1.94 bits per heavy atom. The first-order valence-electron chi connectivity index (χ1n) is 6.26. The average Bonchev–Trinajstić information content (AvgIpc) is 2.22. The lowest BCUT2D eigenvalue weighted by atomic mass is 9.88. The van der Waals surface area contributed by atoms with Gasteiger partial charge in [-0.3, -0.25) is 4.98 Å². The van der Waals surface area contributed by atoms with E-state index in [1.807, 2.05) is 6.20 Å². The highest BCUT2D eigenvalue weighted by atomic mass is 15.2. The molecule has 3 nitrogen and oxygen atoms in total. The summed E-state index contributed by atoms with van der Waals surface area (Å²) in [5.41, 5.74) is 1.06. The second-order valence-corrected chi connectivity index (χ2v) is 5.65. The summed E-state index contributed by atoms with van der Waals surface area (Å²) in [6, 6.07) is 0.560. The standard InChI is InChI=1S/C14H21N3/c1-5-17(11-7-6-8-11)13-12(14(2,3)4)15-9-10-16-13/h5,9-11H,1,6-8H2,2-4H3. The van der Waals surface area contributed by atoms with E-state index in [1.54, 1.807) is 12.4 Å². The lowest BCUT2D eigenvalue weighted by molar-refractivity contribution is 0.404. The zero-order chi connectivity index (χ0) is 12.5. The quantitative estimate of drug-likeness (QED) is 0.799. The van der Waals surface area contributed by atoms with E-state index in [2.05, 4.69) is 42.2 Å². The minimum Gasteiger partial charge on any atom is -0.329 e. The van der Waals surface area contributed by atoms with Crippen LogP contribution in [0.5, 0.6) is 0 Å². The second kappa shape index (κ2) is 4.47. The maximum Gasteiger partial charge on any atom is 0.155 e. The van der Waals surface area contributed by atoms with Crippen LogP contribution >= 0.6 is 0 Å². The van der Waals surface area contributed by atoms with E-state index in [9.17, 15) is 0 Å². The van der Waals surface area contributed by atoms with Crippen molar-refractivity contribution < 1.29 is 0 Å². The maximum atomic E-state index is 4.51. The molecule has 1 aliphatic carbocycles. The minimum atomic E-state index is 0.00853. The topological polar surface area (TPSA) is 29.0 Å². The summed E-state index contributed by atoms with van der Waals surface area (Å²) in [4.78, 5) is 11.2. The molecule has 1 aliphatic rings. The fourth-order valence-corrected chi connectivity index (χ4v) is 2.12. The van der Waals surface area contributed by atoms with Crippen LogP contribution < -0.4 is 4.90 Å². The van der Waals surface area contributed by atoms with Crippen molar-refractivity contribution in [1.29, 1.82) is 0 Å². The second-order valence-electron chi connectivity index (χ2n) is 5.65. The summed E-state index contributed by atoms with van der Waals surface area (Å²) < 4.78 is 0. The largest absolute Gasteiger partial charge is 0.329 e. The van der Waals surface area contributed by atoms with E-state index in [0.29, 0.717) is 6.04 Å². The van der Waals surface area contributed by atoms with Gasteiger partial charge in [0.1, 0.15) is 0 Å². The molecule has 0 bridgehead atoms. The van der Waals surface area contributed by atoms with Gasteiger partial charge in [-0.05, 0) is 25.5 Å². The SMILES string of the molecule is C=CN(c1nccnc1C(C)(C)C)C1CCC1. The van der Waals surface area contributed by atoms with Crippen LogP contribution in [0.1, 0.15) is 45.7 Å². The highest BCUT2D eigenvalue weighted by Gasteiger charge is 2.29. The van der Waals surface area contributed by atoms with Crippen molar-refractivity contribution in [1.82, 2.24) is 9.97 Å². The molecule has 0 amide bonds. The van der Waals surface area contributed by atoms with Crippen LogP contribution in [-0.2, 0) is 5.41 Å². The van der Waals surface area contributed by atoms with Crippen molar-refractivity contribution in [3.8, 4) is 0 Å². The first-order valence-corrected chi connectivity index (χ1v) is 6.26. The maximum absolute atomic E-state index is 4.51. The smallest absolute Gasteiger partial charge is 0.155 e. The highest BCUT2D eigenvalue weighted by Crippen LogP contribution is 2.34. The molecular formula is C14H21N3. The number of rotatable bonds is 3. The first-order chi connectivity index (χ1) is 8.04. The number of hydrogen-bond acceptors (Lipinski definition) is 3. The van der Waals surface area contributed by atoms with Crippen molar-refractivity contribution in [2.75, 3.05) is 4.90 Å². The highest BCUT2D eigenvalue weighted by molar-refractivity contribution is 5.50. The lowest BCUT2D eigenvalue weighted by Crippen LogP contribution is -2.38. The van der Waals surface area contributed by atoms with E-state index in [-0.39, 0.29) is 5.41 Å². The number of nitrogens with zero attached hydrogens (tertiary/aromatic N) is 3. The summed E-state index contributed by atoms with van der Waals surface area (Å²) in [7, 11) is 0. The van der Waals surface area contributed by atoms with Gasteiger partial charge in [0.25, 0.3) is 0 Å². The molecule has 3 heteroatoms. The van der Waals surface area contributed by atoms with Crippen molar-refractivity contribution in [2.45, 2.75) is 51.5 Å². The molecule has 0 N–H and O–H groups in total. The zero-order valence-corrected chi connectivity index (χ0v) is 11.0. The Bertz CT molecular complexity index is 402. The predicted molar refractivity (Wildman–Crippen MR) is 71.0 cm³/mol. The van der Waals surface area contributed by atoms with Gasteiger partial charge in [0.2, 0.25) is 0 Å². The summed E-state index contributed by atoms with van der Waals surface area (Å²) in [5, 5.41) is 0. The molecule has 0 saturated heterocycles. The molecule has 0 atom stereocenters. The Labute approximate surface area is 104 Å². The van der Waals surface area contributed by atoms with E-state index in [0.717, 1.165) is 11.5 Å². The van der Waals surface area contributed by atoms with Gasteiger partial charge in [-0.15, -0.1) is 0 Å². The van der Waals surface area contributed by atoms with Crippen molar-refractivity contribution >= 4 is 5.82 Å². The Kier molecular flexibility index (Phi) is 3.18. The summed E-state index contributed by atoms with van der Waals surface area (Å²) in [6.45, 7) is 10.4. The molecule has 1 heterocycles. The molecule has 0 unspecified atom stereocenters. The number of hydrogen-bond donors (Lipinski definition) is 0. The molecule has 0 aromatic carbocycles. The van der Waals surface area contributed by atoms with Gasteiger partial charge in [0, 0.05) is 23.9 Å². The third-order valence-electron chi connectivity index (χ3n) is 3.30. The summed E-state index contributed by atoms with van der Waals surface area (Å²) >= 11 is 0. The fraction of sp³-hybridized carbons (Fsp3) is 0.571. The molecule has 0 radical (unpaired) electrons. The Morgan fingerprint density at radius 1 is 1.29 bits per heavy atom. The molecule has 1 aromatic rings. The first kappa shape index (κ1) is 12.1. The monoisotopic (exact) mass is 231 g/mol. The third-order valence-corrected chi connectivity index (χ3v) is 3.30. The summed E-state index contributed by atoms with van der Waals surface area (Å²) in [5.74, 6) is 0.972. The molecule has 0 spiro atoms. The van der Waals surface area contributed by atoms with Gasteiger partial charge in [-0.25, -0.2) is 4.98 Å². The van der Waals surface area contributed by atoms with Crippen LogP contribution in [0.2, 0.25) is 0 Å². The van der Waals surface area contributed by atoms with E-state index < -0.39 is 0 Å². The third kappa shape index (κ3) is 2.33. The van der Waals surface area contributed by atoms with Crippen molar-refractivity contribution in [2.24, 2.45) is 0 Å². The molecule has 1 aromatic heterocycles. The van der Waals surface area contributed by atoms with Gasteiger partial charge < -0.3 is 4.90 Å². The van der Waals surface area contributed by atoms with Crippen LogP contribution in [0, 0.1) is 0 Å². The average molecular weight is 231 g/mol. The Morgan fingerprint density at radius 3 is 2.41 bits per heavy atom. The fourth-order valence-electron chi connectivity index (χ4n) is 2.12. The van der Waals surface area contributed by atoms with Gasteiger partial charge >= 0.3 is 0 Å². The Balaban J connectivity index is 2.39. The normalized spacial score (nSPS) is 16.4. The van der Waals surface area contributed by atoms with Crippen LogP contribution in [-0.4, -0.2) is 16.0 Å². The zero-order valence-electron chi connectivity index (χ0n) is 11.0. The molecule has 0 aliphatic heterocycles. The van der Waals surface area contributed by atoms with Crippen LogP contribution in [0.3, 0.4) is 0 Å². The predicted octanol–water partition coefficient (Wildman–Crippen LogP) is 3.28. The van der Waals surface area contributed by atoms with E-state index >= 15 is 0 Å². The summed E-state index contributed by atoms with van der Waals surface area (Å²) in [6.07, 6.45) is 9.19. The van der Waals surface area contributed by atoms with Crippen molar-refractivity contribution in [3.05, 3.63) is 30.9 Å². The molecular weight excluding hydrogens is 210 g/mol. The van der Waals surface area contributed by atoms with Gasteiger partial charge in [-0.2, -0.15) is 0 Å². The number of aromatic nitrogens is 2. The molecule has 17 heavy (non-hydrogen) atoms. The van der Waals surface area contributed by atoms with Gasteiger partial charge in [-0.1, -0.05) is 27.4 Å². The lowest BCUT2D eigenvalue weighted by Gasteiger charge is -2.37. The van der Waals surface area contributed by atoms with E-state index in [1.165, 1.54) is 19.3 Å². The molecule has 92 valence electrons. The van der Waals surface area contributed by atoms with Crippen LogP contribution in [0.15, 0.2) is 25.2 Å². The minimum absolute atomic E-state index is 0.00853. The molecule has 1 saturated carbocycles. The Hall–Kier alpha value is -1.38. The van der Waals surface area contributed by atoms with Crippen LogP contribution in [0.25, 0.3) is 0 Å². The van der Waals surface area contributed by atoms with Gasteiger partial charge in [0.15, 0.2) is 5.82 Å². The van der Waals surface area contributed by atoms with Crippen LogP contribution in [0.4, 0.5) is 5.82 Å². The van der Waals surface area contributed by atoms with E-state index in [4.69, 9.17) is 0 Å². The van der Waals surface area contributed by atoms with Crippen molar-refractivity contribution in [3.63, 3.8) is 0 Å². The number of anilines is 1. The molecule has 1 fully saturated rings.